The molecule has 176 valence electrons. The van der Waals surface area contributed by atoms with Crippen molar-refractivity contribution >= 4 is 38.9 Å². The van der Waals surface area contributed by atoms with Gasteiger partial charge in [0.05, 0.1) is 27.7 Å². The van der Waals surface area contributed by atoms with Gasteiger partial charge in [-0.15, -0.1) is 0 Å². The molecule has 1 heterocycles. The van der Waals surface area contributed by atoms with E-state index in [0.717, 1.165) is 15.9 Å². The number of carbonyl (C=O) groups excluding carboxylic acids is 1. The van der Waals surface area contributed by atoms with Gasteiger partial charge in [-0.25, -0.2) is 8.42 Å². The van der Waals surface area contributed by atoms with Crippen LogP contribution in [-0.4, -0.2) is 31.1 Å². The molecular formula is C21H20ClF3N4O3S. The van der Waals surface area contributed by atoms with E-state index in [2.05, 4.69) is 15.5 Å². The summed E-state index contributed by atoms with van der Waals surface area (Å²) in [4.78, 5) is 12.7. The number of benzene rings is 2. The molecule has 0 aliphatic carbocycles. The molecule has 2 aromatic carbocycles. The van der Waals surface area contributed by atoms with Crippen LogP contribution in [0, 0.1) is 20.8 Å². The molecule has 0 radical (unpaired) electrons. The lowest BCUT2D eigenvalue weighted by molar-refractivity contribution is -0.137. The Hall–Kier alpha value is -3.05. The van der Waals surface area contributed by atoms with Crippen LogP contribution in [0.2, 0.25) is 5.02 Å². The number of anilines is 2. The van der Waals surface area contributed by atoms with E-state index < -0.39 is 39.2 Å². The van der Waals surface area contributed by atoms with Gasteiger partial charge in [-0.2, -0.15) is 18.3 Å². The highest BCUT2D eigenvalue weighted by molar-refractivity contribution is 7.93. The molecule has 0 spiro atoms. The SMILES string of the molecule is Cc1ccc(N(CC(=O)Nc2ccc(Cl)c(C(F)(F)F)c2)S(=O)(=O)c2c(C)n[nH]c2C)cc1. The van der Waals surface area contributed by atoms with Gasteiger partial charge >= 0.3 is 6.18 Å². The summed E-state index contributed by atoms with van der Waals surface area (Å²) in [5.41, 5.74) is 0.304. The zero-order valence-corrected chi connectivity index (χ0v) is 19.4. The number of nitrogens with zero attached hydrogens (tertiary/aromatic N) is 2. The van der Waals surface area contributed by atoms with E-state index in [1.54, 1.807) is 12.1 Å². The van der Waals surface area contributed by atoms with Crippen LogP contribution in [0.5, 0.6) is 0 Å². The smallest absolute Gasteiger partial charge is 0.324 e. The van der Waals surface area contributed by atoms with Crippen LogP contribution < -0.4 is 9.62 Å². The monoisotopic (exact) mass is 500 g/mol. The molecule has 0 fully saturated rings. The molecule has 0 atom stereocenters. The van der Waals surface area contributed by atoms with Crippen molar-refractivity contribution in [1.29, 1.82) is 0 Å². The summed E-state index contributed by atoms with van der Waals surface area (Å²) in [6, 6.07) is 9.33. The Morgan fingerprint density at radius 3 is 2.30 bits per heavy atom. The molecule has 1 aromatic heterocycles. The van der Waals surface area contributed by atoms with E-state index >= 15 is 0 Å². The van der Waals surface area contributed by atoms with Gasteiger partial charge in [0.15, 0.2) is 0 Å². The maximum absolute atomic E-state index is 13.5. The minimum atomic E-state index is -4.72. The standard InChI is InChI=1S/C21H20ClF3N4O3S/c1-12-4-7-16(8-5-12)29(33(31,32)20-13(2)27-28-14(20)3)11-19(30)26-15-6-9-18(22)17(10-15)21(23,24)25/h4-10H,11H2,1-3H3,(H,26,30)(H,27,28). The van der Waals surface area contributed by atoms with E-state index in [9.17, 15) is 26.4 Å². The highest BCUT2D eigenvalue weighted by atomic mass is 35.5. The van der Waals surface area contributed by atoms with Crippen molar-refractivity contribution in [2.75, 3.05) is 16.2 Å². The first-order valence-electron chi connectivity index (χ1n) is 9.58. The number of hydrogen-bond donors (Lipinski definition) is 2. The number of alkyl halides is 3. The van der Waals surface area contributed by atoms with Crippen molar-refractivity contribution < 1.29 is 26.4 Å². The van der Waals surface area contributed by atoms with Crippen molar-refractivity contribution in [3.63, 3.8) is 0 Å². The van der Waals surface area contributed by atoms with Crippen LogP contribution >= 0.6 is 11.6 Å². The summed E-state index contributed by atoms with van der Waals surface area (Å²) < 4.78 is 67.2. The van der Waals surface area contributed by atoms with Gasteiger partial charge < -0.3 is 5.32 Å². The number of rotatable bonds is 6. The molecule has 33 heavy (non-hydrogen) atoms. The Balaban J connectivity index is 1.96. The van der Waals surface area contributed by atoms with Crippen molar-refractivity contribution in [3.8, 4) is 0 Å². The summed E-state index contributed by atoms with van der Waals surface area (Å²) in [5.74, 6) is -0.839. The van der Waals surface area contributed by atoms with Crippen LogP contribution in [0.3, 0.4) is 0 Å². The molecule has 2 N–H and O–H groups in total. The Morgan fingerprint density at radius 2 is 1.76 bits per heavy atom. The number of H-pyrrole nitrogens is 1. The summed E-state index contributed by atoms with van der Waals surface area (Å²) in [6.45, 7) is 4.18. The van der Waals surface area contributed by atoms with E-state index in [1.807, 2.05) is 6.92 Å². The number of halogens is 4. The number of hydrogen-bond acceptors (Lipinski definition) is 4. The zero-order valence-electron chi connectivity index (χ0n) is 17.8. The summed E-state index contributed by atoms with van der Waals surface area (Å²) in [5, 5.41) is 8.31. The van der Waals surface area contributed by atoms with Gasteiger partial charge in [-0.05, 0) is 51.1 Å². The van der Waals surface area contributed by atoms with E-state index in [-0.39, 0.29) is 27.7 Å². The van der Waals surface area contributed by atoms with E-state index in [1.165, 1.54) is 32.0 Å². The number of aromatic nitrogens is 2. The fourth-order valence-corrected chi connectivity index (χ4v) is 5.19. The fraction of sp³-hybridized carbons (Fsp3) is 0.238. The van der Waals surface area contributed by atoms with Crippen molar-refractivity contribution in [2.45, 2.75) is 31.8 Å². The minimum Gasteiger partial charge on any atom is -0.324 e. The topological polar surface area (TPSA) is 95.2 Å². The molecule has 12 heteroatoms. The first kappa shape index (κ1) is 24.6. The Kier molecular flexibility index (Phi) is 6.75. The molecular weight excluding hydrogens is 481 g/mol. The van der Waals surface area contributed by atoms with Crippen molar-refractivity contribution in [1.82, 2.24) is 10.2 Å². The molecule has 0 bridgehead atoms. The predicted octanol–water partition coefficient (Wildman–Crippen LogP) is 4.84. The van der Waals surface area contributed by atoms with Gasteiger partial charge in [0.2, 0.25) is 5.91 Å². The van der Waals surface area contributed by atoms with Crippen LogP contribution in [0.4, 0.5) is 24.5 Å². The van der Waals surface area contributed by atoms with Crippen molar-refractivity contribution in [2.24, 2.45) is 0 Å². The lowest BCUT2D eigenvalue weighted by Gasteiger charge is -2.24. The number of nitrogens with one attached hydrogen (secondary N) is 2. The number of aryl methyl sites for hydroxylation is 3. The molecule has 3 rings (SSSR count). The van der Waals surface area contributed by atoms with Crippen LogP contribution in [0.25, 0.3) is 0 Å². The highest BCUT2D eigenvalue weighted by Crippen LogP contribution is 2.36. The summed E-state index contributed by atoms with van der Waals surface area (Å²) in [7, 11) is -4.23. The van der Waals surface area contributed by atoms with Gasteiger partial charge in [-0.1, -0.05) is 29.3 Å². The van der Waals surface area contributed by atoms with Crippen LogP contribution in [-0.2, 0) is 21.0 Å². The summed E-state index contributed by atoms with van der Waals surface area (Å²) >= 11 is 5.61. The first-order chi connectivity index (χ1) is 15.3. The average molecular weight is 501 g/mol. The lowest BCUT2D eigenvalue weighted by atomic mass is 10.2. The average Bonchev–Trinajstić information content (AvgIpc) is 3.06. The molecule has 0 saturated heterocycles. The molecule has 3 aromatic rings. The Morgan fingerprint density at radius 1 is 1.12 bits per heavy atom. The molecule has 0 aliphatic heterocycles. The largest absolute Gasteiger partial charge is 0.417 e. The molecule has 0 unspecified atom stereocenters. The van der Waals surface area contributed by atoms with E-state index in [4.69, 9.17) is 11.6 Å². The van der Waals surface area contributed by atoms with Gasteiger partial charge in [0, 0.05) is 5.69 Å². The van der Waals surface area contributed by atoms with Crippen LogP contribution in [0.1, 0.15) is 22.5 Å². The van der Waals surface area contributed by atoms with Gasteiger partial charge in [-0.3, -0.25) is 14.2 Å². The van der Waals surface area contributed by atoms with Gasteiger partial charge in [0.25, 0.3) is 10.0 Å². The fourth-order valence-electron chi connectivity index (χ4n) is 3.21. The number of amides is 1. The van der Waals surface area contributed by atoms with E-state index in [0.29, 0.717) is 6.07 Å². The maximum Gasteiger partial charge on any atom is 0.417 e. The maximum atomic E-state index is 13.5. The molecule has 0 saturated carbocycles. The molecule has 1 amide bonds. The molecule has 0 aliphatic rings. The second kappa shape index (κ2) is 9.06. The zero-order chi connectivity index (χ0) is 24.6. The first-order valence-corrected chi connectivity index (χ1v) is 11.4. The second-order valence-electron chi connectivity index (χ2n) is 7.35. The normalized spacial score (nSPS) is 12.0. The van der Waals surface area contributed by atoms with Crippen molar-refractivity contribution in [3.05, 3.63) is 70.0 Å². The third-order valence-corrected chi connectivity index (χ3v) is 7.14. The third-order valence-electron chi connectivity index (χ3n) is 4.77. The third kappa shape index (κ3) is 5.31. The number of carbonyl (C=O) groups is 1. The van der Waals surface area contributed by atoms with Crippen LogP contribution in [0.15, 0.2) is 47.4 Å². The lowest BCUT2D eigenvalue weighted by Crippen LogP contribution is -2.38. The summed E-state index contributed by atoms with van der Waals surface area (Å²) in [6.07, 6.45) is -4.72. The quantitative estimate of drug-likeness (QED) is 0.506. The number of sulfonamides is 1. The second-order valence-corrected chi connectivity index (χ2v) is 9.56. The predicted molar refractivity (Wildman–Crippen MR) is 119 cm³/mol. The molecule has 7 nitrogen and oxygen atoms in total. The minimum absolute atomic E-state index is 0.0817. The highest BCUT2D eigenvalue weighted by Gasteiger charge is 2.34. The Bertz CT molecular complexity index is 1270. The number of aromatic amines is 1. The van der Waals surface area contributed by atoms with Gasteiger partial charge in [0.1, 0.15) is 11.4 Å². The Labute approximate surface area is 193 Å².